The molecule has 1 N–H and O–H groups in total. The second-order valence-electron chi connectivity index (χ2n) is 7.39. The Bertz CT molecular complexity index is 1350. The largest absolute Gasteiger partial charge is 0.490 e. The summed E-state index contributed by atoms with van der Waals surface area (Å²) in [6, 6.07) is 24.5. The van der Waals surface area contributed by atoms with Gasteiger partial charge in [0.25, 0.3) is 5.91 Å². The summed E-state index contributed by atoms with van der Waals surface area (Å²) < 4.78 is 11.9. The van der Waals surface area contributed by atoms with Crippen LogP contribution in [0.2, 0.25) is 10.0 Å². The number of amides is 1. The SMILES string of the molecule is CCOc1cc(/C=N\NC(=O)c2ccc(Cl)cc2Cl)ccc1OCc1cccc2ccccc12. The first-order valence-electron chi connectivity index (χ1n) is 10.7. The Labute approximate surface area is 207 Å². The van der Waals surface area contributed by atoms with Gasteiger partial charge in [-0.15, -0.1) is 0 Å². The fraction of sp³-hybridized carbons (Fsp3) is 0.111. The normalized spacial score (nSPS) is 11.0. The Hall–Kier alpha value is -3.54. The summed E-state index contributed by atoms with van der Waals surface area (Å²) in [5.74, 6) is 0.792. The van der Waals surface area contributed by atoms with Gasteiger partial charge >= 0.3 is 0 Å². The number of halogens is 2. The predicted octanol–water partition coefficient (Wildman–Crippen LogP) is 6.89. The highest BCUT2D eigenvalue weighted by atomic mass is 35.5. The number of hydrazone groups is 1. The molecule has 0 saturated carbocycles. The molecule has 7 heteroatoms. The molecule has 0 spiro atoms. The maximum absolute atomic E-state index is 12.3. The summed E-state index contributed by atoms with van der Waals surface area (Å²) in [6.07, 6.45) is 1.53. The minimum absolute atomic E-state index is 0.256. The molecule has 0 radical (unpaired) electrons. The van der Waals surface area contributed by atoms with Crippen LogP contribution in [-0.4, -0.2) is 18.7 Å². The van der Waals surface area contributed by atoms with Crippen molar-refractivity contribution in [3.8, 4) is 11.5 Å². The van der Waals surface area contributed by atoms with E-state index in [2.05, 4.69) is 34.8 Å². The van der Waals surface area contributed by atoms with Crippen LogP contribution in [0.25, 0.3) is 10.8 Å². The number of nitrogens with zero attached hydrogens (tertiary/aromatic N) is 1. The van der Waals surface area contributed by atoms with Gasteiger partial charge in [-0.1, -0.05) is 65.7 Å². The number of nitrogens with one attached hydrogen (secondary N) is 1. The molecular formula is C27H22Cl2N2O3. The molecule has 172 valence electrons. The number of rotatable bonds is 8. The van der Waals surface area contributed by atoms with E-state index >= 15 is 0 Å². The van der Waals surface area contributed by atoms with Crippen molar-refractivity contribution in [2.24, 2.45) is 5.10 Å². The third-order valence-electron chi connectivity index (χ3n) is 5.09. The Morgan fingerprint density at radius 1 is 0.941 bits per heavy atom. The highest BCUT2D eigenvalue weighted by Gasteiger charge is 2.11. The zero-order valence-corrected chi connectivity index (χ0v) is 19.9. The predicted molar refractivity (Wildman–Crippen MR) is 137 cm³/mol. The number of benzene rings is 4. The number of fused-ring (bicyclic) bond motifs is 1. The number of carbonyl (C=O) groups excluding carboxylic acids is 1. The van der Waals surface area contributed by atoms with Crippen molar-refractivity contribution in [3.63, 3.8) is 0 Å². The van der Waals surface area contributed by atoms with Gasteiger partial charge in [0.15, 0.2) is 11.5 Å². The molecule has 0 saturated heterocycles. The van der Waals surface area contributed by atoms with Gasteiger partial charge in [0.1, 0.15) is 6.61 Å². The molecule has 0 fully saturated rings. The van der Waals surface area contributed by atoms with Crippen molar-refractivity contribution < 1.29 is 14.3 Å². The van der Waals surface area contributed by atoms with Gasteiger partial charge in [0.2, 0.25) is 0 Å². The molecule has 0 aliphatic rings. The number of hydrogen-bond acceptors (Lipinski definition) is 4. The van der Waals surface area contributed by atoms with Crippen LogP contribution in [0.4, 0.5) is 0 Å². The van der Waals surface area contributed by atoms with E-state index in [4.69, 9.17) is 32.7 Å². The van der Waals surface area contributed by atoms with Crippen molar-refractivity contribution in [2.75, 3.05) is 6.61 Å². The quantitative estimate of drug-likeness (QED) is 0.215. The summed E-state index contributed by atoms with van der Waals surface area (Å²) in [5, 5.41) is 7.06. The summed E-state index contributed by atoms with van der Waals surface area (Å²) in [5.41, 5.74) is 4.59. The topological polar surface area (TPSA) is 59.9 Å². The molecule has 0 unspecified atom stereocenters. The molecule has 4 rings (SSSR count). The van der Waals surface area contributed by atoms with E-state index in [0.717, 1.165) is 16.5 Å². The lowest BCUT2D eigenvalue weighted by atomic mass is 10.1. The van der Waals surface area contributed by atoms with Crippen molar-refractivity contribution in [1.82, 2.24) is 5.43 Å². The van der Waals surface area contributed by atoms with E-state index in [1.165, 1.54) is 17.7 Å². The lowest BCUT2D eigenvalue weighted by molar-refractivity contribution is 0.0955. The third kappa shape index (κ3) is 5.68. The molecule has 0 heterocycles. The number of ether oxygens (including phenoxy) is 2. The average Bonchev–Trinajstić information content (AvgIpc) is 2.83. The molecular weight excluding hydrogens is 471 g/mol. The zero-order chi connectivity index (χ0) is 23.9. The number of hydrogen-bond donors (Lipinski definition) is 1. The summed E-state index contributed by atoms with van der Waals surface area (Å²) in [4.78, 5) is 12.3. The van der Waals surface area contributed by atoms with Crippen LogP contribution >= 0.6 is 23.2 Å². The molecule has 0 bridgehead atoms. The fourth-order valence-corrected chi connectivity index (χ4v) is 3.96. The Morgan fingerprint density at radius 2 is 1.76 bits per heavy atom. The van der Waals surface area contributed by atoms with Crippen molar-refractivity contribution in [2.45, 2.75) is 13.5 Å². The maximum atomic E-state index is 12.3. The first-order chi connectivity index (χ1) is 16.5. The highest BCUT2D eigenvalue weighted by molar-refractivity contribution is 6.36. The lowest BCUT2D eigenvalue weighted by Crippen LogP contribution is -2.18. The molecule has 4 aromatic carbocycles. The lowest BCUT2D eigenvalue weighted by Gasteiger charge is -2.13. The van der Waals surface area contributed by atoms with E-state index in [-0.39, 0.29) is 10.6 Å². The fourth-order valence-electron chi connectivity index (χ4n) is 3.47. The van der Waals surface area contributed by atoms with Gasteiger partial charge in [0, 0.05) is 5.02 Å². The summed E-state index contributed by atoms with van der Waals surface area (Å²) >= 11 is 11.9. The van der Waals surface area contributed by atoms with E-state index < -0.39 is 5.91 Å². The minimum atomic E-state index is -0.432. The molecule has 1 amide bonds. The van der Waals surface area contributed by atoms with Crippen LogP contribution in [0.3, 0.4) is 0 Å². The van der Waals surface area contributed by atoms with Crippen molar-refractivity contribution in [3.05, 3.63) is 106 Å². The smallest absolute Gasteiger partial charge is 0.272 e. The number of carbonyl (C=O) groups is 1. The Balaban J connectivity index is 1.46. The van der Waals surface area contributed by atoms with E-state index in [1.807, 2.05) is 43.3 Å². The zero-order valence-electron chi connectivity index (χ0n) is 18.4. The van der Waals surface area contributed by atoms with E-state index in [0.29, 0.717) is 29.7 Å². The first kappa shape index (κ1) is 23.6. The molecule has 34 heavy (non-hydrogen) atoms. The van der Waals surface area contributed by atoms with Gasteiger partial charge in [0.05, 0.1) is 23.4 Å². The highest BCUT2D eigenvalue weighted by Crippen LogP contribution is 2.30. The molecule has 0 aliphatic heterocycles. The average molecular weight is 493 g/mol. The van der Waals surface area contributed by atoms with Crippen LogP contribution in [-0.2, 0) is 6.61 Å². The summed E-state index contributed by atoms with van der Waals surface area (Å²) in [6.45, 7) is 2.80. The molecule has 4 aromatic rings. The first-order valence-corrected chi connectivity index (χ1v) is 11.5. The Morgan fingerprint density at radius 3 is 2.59 bits per heavy atom. The molecule has 0 atom stereocenters. The van der Waals surface area contributed by atoms with Crippen LogP contribution in [0.1, 0.15) is 28.4 Å². The van der Waals surface area contributed by atoms with Crippen molar-refractivity contribution >= 4 is 46.1 Å². The van der Waals surface area contributed by atoms with Crippen LogP contribution in [0, 0.1) is 0 Å². The van der Waals surface area contributed by atoms with Gasteiger partial charge in [-0.3, -0.25) is 4.79 Å². The van der Waals surface area contributed by atoms with Gasteiger partial charge in [-0.2, -0.15) is 5.10 Å². The van der Waals surface area contributed by atoms with Gasteiger partial charge < -0.3 is 9.47 Å². The van der Waals surface area contributed by atoms with Crippen LogP contribution < -0.4 is 14.9 Å². The minimum Gasteiger partial charge on any atom is -0.490 e. The van der Waals surface area contributed by atoms with Crippen LogP contribution in [0.5, 0.6) is 11.5 Å². The monoisotopic (exact) mass is 492 g/mol. The molecule has 5 nitrogen and oxygen atoms in total. The standard InChI is InChI=1S/C27H22Cl2N2O3/c1-2-33-26-14-18(16-30-31-27(32)23-12-11-21(28)15-24(23)29)10-13-25(26)34-17-20-8-5-7-19-6-3-4-9-22(19)20/h3-16H,2,17H2,1H3,(H,31,32)/b30-16-. The van der Waals surface area contributed by atoms with Crippen LogP contribution in [0.15, 0.2) is 84.0 Å². The molecule has 0 aliphatic carbocycles. The van der Waals surface area contributed by atoms with E-state index in [1.54, 1.807) is 12.1 Å². The Kier molecular flexibility index (Phi) is 7.68. The second kappa shape index (κ2) is 11.1. The second-order valence-corrected chi connectivity index (χ2v) is 8.23. The summed E-state index contributed by atoms with van der Waals surface area (Å²) in [7, 11) is 0. The maximum Gasteiger partial charge on any atom is 0.272 e. The van der Waals surface area contributed by atoms with Gasteiger partial charge in [-0.05, 0) is 65.2 Å². The molecule has 0 aromatic heterocycles. The van der Waals surface area contributed by atoms with E-state index in [9.17, 15) is 4.79 Å². The van der Waals surface area contributed by atoms with Crippen molar-refractivity contribution in [1.29, 1.82) is 0 Å². The van der Waals surface area contributed by atoms with Gasteiger partial charge in [-0.25, -0.2) is 5.43 Å². The third-order valence-corrected chi connectivity index (χ3v) is 5.63.